The summed E-state index contributed by atoms with van der Waals surface area (Å²) < 4.78 is 10.1. The Balaban J connectivity index is 0.00000400. The Morgan fingerprint density at radius 1 is 1.19 bits per heavy atom. The second kappa shape index (κ2) is 10.4. The summed E-state index contributed by atoms with van der Waals surface area (Å²) >= 11 is 0. The van der Waals surface area contributed by atoms with Crippen LogP contribution in [0.5, 0.6) is 0 Å². The molecule has 0 aromatic heterocycles. The fraction of sp³-hybridized carbons (Fsp3) is 0.533. The molecule has 6 heteroatoms. The molecule has 0 spiro atoms. The van der Waals surface area contributed by atoms with Gasteiger partial charge in [0.25, 0.3) is 5.91 Å². The quantitative estimate of drug-likeness (QED) is 0.589. The molecule has 120 valence electrons. The van der Waals surface area contributed by atoms with Gasteiger partial charge in [-0.15, -0.1) is 12.4 Å². The summed E-state index contributed by atoms with van der Waals surface area (Å²) in [4.78, 5) is 14.4. The molecule has 0 unspecified atom stereocenters. The molecule has 0 saturated carbocycles. The van der Waals surface area contributed by atoms with Crippen LogP contribution in [0.3, 0.4) is 0 Å². The number of nitrogens with zero attached hydrogens (tertiary/aromatic N) is 1. The lowest BCUT2D eigenvalue weighted by Gasteiger charge is -2.23. The molecule has 0 bridgehead atoms. The Labute approximate surface area is 132 Å². The topological polar surface area (TPSA) is 64.8 Å². The number of hydrogen-bond acceptors (Lipinski definition) is 4. The average Bonchev–Trinajstić information content (AvgIpc) is 2.44. The summed E-state index contributed by atoms with van der Waals surface area (Å²) in [6, 6.07) is 5.40. The van der Waals surface area contributed by atoms with E-state index in [1.54, 1.807) is 31.3 Å². The molecule has 0 aliphatic rings. The number of halogens is 1. The first-order chi connectivity index (χ1) is 9.60. The van der Waals surface area contributed by atoms with Crippen molar-refractivity contribution in [2.75, 3.05) is 46.3 Å². The first-order valence-corrected chi connectivity index (χ1v) is 6.73. The molecule has 0 heterocycles. The Morgan fingerprint density at radius 2 is 1.86 bits per heavy atom. The first-order valence-electron chi connectivity index (χ1n) is 6.73. The number of carbonyl (C=O) groups excluding carboxylic acids is 1. The van der Waals surface area contributed by atoms with Gasteiger partial charge in [-0.2, -0.15) is 0 Å². The van der Waals surface area contributed by atoms with E-state index in [0.717, 1.165) is 12.0 Å². The zero-order chi connectivity index (χ0) is 15.0. The summed E-state index contributed by atoms with van der Waals surface area (Å²) in [6.07, 6.45) is 0.799. The van der Waals surface area contributed by atoms with Crippen molar-refractivity contribution in [3.05, 3.63) is 29.3 Å². The molecule has 0 saturated heterocycles. The third-order valence-corrected chi connectivity index (χ3v) is 3.12. The van der Waals surface area contributed by atoms with Gasteiger partial charge < -0.3 is 20.1 Å². The van der Waals surface area contributed by atoms with Crippen LogP contribution in [0.4, 0.5) is 5.69 Å². The van der Waals surface area contributed by atoms with Gasteiger partial charge in [-0.3, -0.25) is 4.79 Å². The second-order valence-electron chi connectivity index (χ2n) is 4.71. The van der Waals surface area contributed by atoms with Gasteiger partial charge in [-0.05, 0) is 31.0 Å². The van der Waals surface area contributed by atoms with Crippen molar-refractivity contribution in [2.45, 2.75) is 13.3 Å². The molecular formula is C15H25ClN2O3. The van der Waals surface area contributed by atoms with Crippen LogP contribution in [0, 0.1) is 6.92 Å². The minimum Gasteiger partial charge on any atom is -0.399 e. The first kappa shape index (κ1) is 19.7. The lowest BCUT2D eigenvalue weighted by Crippen LogP contribution is -2.35. The highest BCUT2D eigenvalue weighted by molar-refractivity contribution is 5.96. The minimum atomic E-state index is -0.0112. The van der Waals surface area contributed by atoms with Crippen molar-refractivity contribution in [1.82, 2.24) is 4.90 Å². The third kappa shape index (κ3) is 6.33. The van der Waals surface area contributed by atoms with Gasteiger partial charge in [0.05, 0.1) is 6.61 Å². The van der Waals surface area contributed by atoms with Crippen LogP contribution in [-0.4, -0.2) is 51.3 Å². The molecule has 1 rings (SSSR count). The van der Waals surface area contributed by atoms with E-state index < -0.39 is 0 Å². The Morgan fingerprint density at radius 3 is 2.48 bits per heavy atom. The highest BCUT2D eigenvalue weighted by Gasteiger charge is 2.17. The lowest BCUT2D eigenvalue weighted by molar-refractivity contribution is 0.0673. The molecule has 0 aliphatic heterocycles. The van der Waals surface area contributed by atoms with E-state index in [1.807, 2.05) is 13.0 Å². The average molecular weight is 317 g/mol. The fourth-order valence-electron chi connectivity index (χ4n) is 1.96. The van der Waals surface area contributed by atoms with Crippen LogP contribution in [-0.2, 0) is 9.47 Å². The van der Waals surface area contributed by atoms with E-state index >= 15 is 0 Å². The maximum Gasteiger partial charge on any atom is 0.254 e. The van der Waals surface area contributed by atoms with Crippen LogP contribution in [0.15, 0.2) is 18.2 Å². The number of nitrogen functional groups attached to an aromatic ring is 1. The highest BCUT2D eigenvalue weighted by Crippen LogP contribution is 2.15. The molecule has 5 nitrogen and oxygen atoms in total. The number of rotatable bonds is 8. The highest BCUT2D eigenvalue weighted by atomic mass is 35.5. The normalized spacial score (nSPS) is 10.0. The third-order valence-electron chi connectivity index (χ3n) is 3.12. The summed E-state index contributed by atoms with van der Waals surface area (Å²) in [5.74, 6) is -0.0112. The molecule has 1 aromatic rings. The van der Waals surface area contributed by atoms with E-state index in [-0.39, 0.29) is 18.3 Å². The molecule has 0 aliphatic carbocycles. The van der Waals surface area contributed by atoms with Gasteiger partial charge in [-0.25, -0.2) is 0 Å². The molecule has 0 atom stereocenters. The number of amides is 1. The van der Waals surface area contributed by atoms with E-state index in [1.165, 1.54) is 0 Å². The molecule has 0 fully saturated rings. The van der Waals surface area contributed by atoms with Crippen LogP contribution < -0.4 is 5.73 Å². The van der Waals surface area contributed by atoms with Gasteiger partial charge >= 0.3 is 0 Å². The van der Waals surface area contributed by atoms with E-state index in [0.29, 0.717) is 37.6 Å². The summed E-state index contributed by atoms with van der Waals surface area (Å²) in [6.45, 7) is 4.26. The molecule has 0 radical (unpaired) electrons. The standard InChI is InChI=1S/C15H24N2O3.ClH/c1-12-5-6-13(16)11-14(12)15(18)17(8-10-20-3)7-4-9-19-2;/h5-6,11H,4,7-10,16H2,1-3H3;1H. The predicted molar refractivity (Wildman–Crippen MR) is 87.1 cm³/mol. The summed E-state index contributed by atoms with van der Waals surface area (Å²) in [7, 11) is 3.28. The van der Waals surface area contributed by atoms with Crippen molar-refractivity contribution >= 4 is 24.0 Å². The smallest absolute Gasteiger partial charge is 0.254 e. The monoisotopic (exact) mass is 316 g/mol. The van der Waals surface area contributed by atoms with Gasteiger partial charge in [0.2, 0.25) is 0 Å². The Kier molecular flexibility index (Phi) is 9.78. The summed E-state index contributed by atoms with van der Waals surface area (Å²) in [5, 5.41) is 0. The molecule has 21 heavy (non-hydrogen) atoms. The van der Waals surface area contributed by atoms with Crippen LogP contribution in [0.25, 0.3) is 0 Å². The number of benzene rings is 1. The zero-order valence-corrected chi connectivity index (χ0v) is 13.7. The number of carbonyl (C=O) groups is 1. The number of aryl methyl sites for hydroxylation is 1. The lowest BCUT2D eigenvalue weighted by atomic mass is 10.1. The molecular weight excluding hydrogens is 292 g/mol. The molecule has 1 aromatic carbocycles. The largest absolute Gasteiger partial charge is 0.399 e. The van der Waals surface area contributed by atoms with Crippen molar-refractivity contribution < 1.29 is 14.3 Å². The van der Waals surface area contributed by atoms with Crippen molar-refractivity contribution in [1.29, 1.82) is 0 Å². The van der Waals surface area contributed by atoms with Gasteiger partial charge in [0.1, 0.15) is 0 Å². The van der Waals surface area contributed by atoms with Crippen LogP contribution in [0.1, 0.15) is 22.3 Å². The fourth-order valence-corrected chi connectivity index (χ4v) is 1.96. The predicted octanol–water partition coefficient (Wildman–Crippen LogP) is 2.12. The molecule has 1 amide bonds. The van der Waals surface area contributed by atoms with E-state index in [2.05, 4.69) is 0 Å². The van der Waals surface area contributed by atoms with Gasteiger partial charge in [0.15, 0.2) is 0 Å². The summed E-state index contributed by atoms with van der Waals surface area (Å²) in [5.41, 5.74) is 7.95. The van der Waals surface area contributed by atoms with Gasteiger partial charge in [-0.1, -0.05) is 6.07 Å². The van der Waals surface area contributed by atoms with Crippen LogP contribution in [0.2, 0.25) is 0 Å². The van der Waals surface area contributed by atoms with Crippen molar-refractivity contribution in [3.8, 4) is 0 Å². The Bertz CT molecular complexity index is 441. The molecule has 2 N–H and O–H groups in total. The minimum absolute atomic E-state index is 0. The SMILES string of the molecule is COCCCN(CCOC)C(=O)c1cc(N)ccc1C.Cl. The zero-order valence-electron chi connectivity index (χ0n) is 12.9. The van der Waals surface area contributed by atoms with Crippen molar-refractivity contribution in [3.63, 3.8) is 0 Å². The van der Waals surface area contributed by atoms with Crippen LogP contribution >= 0.6 is 12.4 Å². The maximum atomic E-state index is 12.6. The second-order valence-corrected chi connectivity index (χ2v) is 4.71. The van der Waals surface area contributed by atoms with E-state index in [9.17, 15) is 4.79 Å². The maximum absolute atomic E-state index is 12.6. The number of hydrogen-bond donors (Lipinski definition) is 1. The number of methoxy groups -OCH3 is 2. The number of ether oxygens (including phenoxy) is 2. The van der Waals surface area contributed by atoms with Gasteiger partial charge in [0, 0.05) is 45.2 Å². The van der Waals surface area contributed by atoms with E-state index in [4.69, 9.17) is 15.2 Å². The van der Waals surface area contributed by atoms with Crippen molar-refractivity contribution in [2.24, 2.45) is 0 Å². The number of anilines is 1. The Hall–Kier alpha value is -1.30. The number of nitrogens with two attached hydrogens (primary N) is 1.